The van der Waals surface area contributed by atoms with Crippen molar-refractivity contribution in [3.05, 3.63) is 41.5 Å². The van der Waals surface area contributed by atoms with Gasteiger partial charge in [-0.05, 0) is 62.6 Å². The van der Waals surface area contributed by atoms with Crippen LogP contribution in [0.25, 0.3) is 0 Å². The third-order valence-corrected chi connectivity index (χ3v) is 4.61. The van der Waals surface area contributed by atoms with Gasteiger partial charge in [-0.2, -0.15) is 0 Å². The second-order valence-corrected chi connectivity index (χ2v) is 5.88. The molecule has 2 heteroatoms. The predicted octanol–water partition coefficient (Wildman–Crippen LogP) is 3.60. The van der Waals surface area contributed by atoms with Gasteiger partial charge in [0.1, 0.15) is 0 Å². The molecule has 1 aliphatic carbocycles. The highest BCUT2D eigenvalue weighted by molar-refractivity contribution is 5.48. The summed E-state index contributed by atoms with van der Waals surface area (Å²) in [7, 11) is 0. The Balaban J connectivity index is 1.74. The van der Waals surface area contributed by atoms with Crippen LogP contribution in [0.15, 0.2) is 35.9 Å². The van der Waals surface area contributed by atoms with Gasteiger partial charge < -0.3 is 11.1 Å². The molecule has 0 amide bonds. The van der Waals surface area contributed by atoms with Crippen LogP contribution in [0.4, 0.5) is 5.69 Å². The van der Waals surface area contributed by atoms with E-state index in [-0.39, 0.29) is 0 Å². The van der Waals surface area contributed by atoms with E-state index in [2.05, 4.69) is 23.5 Å². The molecule has 3 N–H and O–H groups in total. The van der Waals surface area contributed by atoms with Gasteiger partial charge >= 0.3 is 0 Å². The largest absolute Gasteiger partial charge is 0.398 e. The zero-order chi connectivity index (χ0) is 13.1. The van der Waals surface area contributed by atoms with Crippen molar-refractivity contribution in [3.63, 3.8) is 0 Å². The lowest BCUT2D eigenvalue weighted by atomic mass is 9.81. The van der Waals surface area contributed by atoms with Crippen molar-refractivity contribution in [2.24, 2.45) is 0 Å². The van der Waals surface area contributed by atoms with E-state index >= 15 is 0 Å². The Morgan fingerprint density at radius 2 is 2.05 bits per heavy atom. The normalized spacial score (nSPS) is 27.9. The molecular weight excluding hydrogens is 232 g/mol. The molecule has 0 bridgehead atoms. The van der Waals surface area contributed by atoms with E-state index in [9.17, 15) is 0 Å². The smallest absolute Gasteiger partial charge is 0.0349 e. The topological polar surface area (TPSA) is 38.0 Å². The van der Waals surface area contributed by atoms with E-state index in [1.54, 1.807) is 5.57 Å². The molecule has 102 valence electrons. The summed E-state index contributed by atoms with van der Waals surface area (Å²) in [5.74, 6) is 0.621. The maximum atomic E-state index is 6.14. The SMILES string of the molecule is Nc1ccccc1C1CCNC(C2=CCCCC2)C1. The summed E-state index contributed by atoms with van der Waals surface area (Å²) < 4.78 is 0. The number of nitrogens with one attached hydrogen (secondary N) is 1. The first kappa shape index (κ1) is 12.7. The Kier molecular flexibility index (Phi) is 3.88. The quantitative estimate of drug-likeness (QED) is 0.626. The summed E-state index contributed by atoms with van der Waals surface area (Å²) in [6.45, 7) is 1.11. The van der Waals surface area contributed by atoms with Gasteiger partial charge in [0.2, 0.25) is 0 Å². The van der Waals surface area contributed by atoms with Crippen molar-refractivity contribution in [1.82, 2.24) is 5.32 Å². The predicted molar refractivity (Wildman–Crippen MR) is 81.2 cm³/mol. The van der Waals surface area contributed by atoms with Crippen LogP contribution in [0.5, 0.6) is 0 Å². The summed E-state index contributed by atoms with van der Waals surface area (Å²) in [6, 6.07) is 8.96. The fourth-order valence-electron chi connectivity index (χ4n) is 3.54. The highest BCUT2D eigenvalue weighted by Crippen LogP contribution is 2.34. The Bertz CT molecular complexity index is 464. The molecule has 2 unspecified atom stereocenters. The van der Waals surface area contributed by atoms with Gasteiger partial charge in [-0.1, -0.05) is 29.8 Å². The third kappa shape index (κ3) is 2.84. The summed E-state index contributed by atoms with van der Waals surface area (Å²) in [5.41, 5.74) is 10.1. The van der Waals surface area contributed by atoms with Crippen LogP contribution in [0, 0.1) is 0 Å². The maximum absolute atomic E-state index is 6.14. The fourth-order valence-corrected chi connectivity index (χ4v) is 3.54. The van der Waals surface area contributed by atoms with E-state index in [1.165, 1.54) is 44.1 Å². The number of rotatable bonds is 2. The molecule has 3 rings (SSSR count). The molecule has 0 aromatic heterocycles. The van der Waals surface area contributed by atoms with Gasteiger partial charge in [0.25, 0.3) is 0 Å². The van der Waals surface area contributed by atoms with Crippen LogP contribution >= 0.6 is 0 Å². The minimum Gasteiger partial charge on any atom is -0.398 e. The molecule has 1 aliphatic heterocycles. The van der Waals surface area contributed by atoms with E-state index in [4.69, 9.17) is 5.73 Å². The summed E-state index contributed by atoms with van der Waals surface area (Å²) in [6.07, 6.45) is 10.2. The highest BCUT2D eigenvalue weighted by Gasteiger charge is 2.26. The van der Waals surface area contributed by atoms with Crippen LogP contribution in [-0.4, -0.2) is 12.6 Å². The van der Waals surface area contributed by atoms with Crippen molar-refractivity contribution in [2.75, 3.05) is 12.3 Å². The number of nitrogen functional groups attached to an aromatic ring is 1. The van der Waals surface area contributed by atoms with Gasteiger partial charge in [0.15, 0.2) is 0 Å². The number of nitrogens with two attached hydrogens (primary N) is 1. The van der Waals surface area contributed by atoms with Crippen molar-refractivity contribution >= 4 is 5.69 Å². The van der Waals surface area contributed by atoms with E-state index in [0.29, 0.717) is 12.0 Å². The van der Waals surface area contributed by atoms with Crippen molar-refractivity contribution in [1.29, 1.82) is 0 Å². The van der Waals surface area contributed by atoms with E-state index in [0.717, 1.165) is 12.2 Å². The maximum Gasteiger partial charge on any atom is 0.0349 e. The van der Waals surface area contributed by atoms with Crippen LogP contribution in [-0.2, 0) is 0 Å². The van der Waals surface area contributed by atoms with Gasteiger partial charge in [0, 0.05) is 11.7 Å². The first-order valence-electron chi connectivity index (χ1n) is 7.61. The lowest BCUT2D eigenvalue weighted by molar-refractivity contribution is 0.383. The van der Waals surface area contributed by atoms with Crippen LogP contribution < -0.4 is 11.1 Å². The van der Waals surface area contributed by atoms with Crippen LogP contribution in [0.1, 0.15) is 50.0 Å². The molecule has 0 spiro atoms. The van der Waals surface area contributed by atoms with E-state index in [1.807, 2.05) is 12.1 Å². The second-order valence-electron chi connectivity index (χ2n) is 5.88. The third-order valence-electron chi connectivity index (χ3n) is 4.61. The number of para-hydroxylation sites is 1. The molecule has 1 heterocycles. The molecule has 1 aromatic rings. The molecule has 1 fully saturated rings. The Morgan fingerprint density at radius 1 is 1.16 bits per heavy atom. The number of hydrogen-bond donors (Lipinski definition) is 2. The first-order valence-corrected chi connectivity index (χ1v) is 7.61. The molecule has 0 radical (unpaired) electrons. The number of hydrogen-bond acceptors (Lipinski definition) is 2. The lowest BCUT2D eigenvalue weighted by Gasteiger charge is -2.34. The monoisotopic (exact) mass is 256 g/mol. The number of anilines is 1. The molecule has 19 heavy (non-hydrogen) atoms. The minimum absolute atomic E-state index is 0.582. The van der Waals surface area contributed by atoms with Gasteiger partial charge in [-0.15, -0.1) is 0 Å². The molecular formula is C17H24N2. The average molecular weight is 256 g/mol. The number of allylic oxidation sites excluding steroid dienone is 1. The highest BCUT2D eigenvalue weighted by atomic mass is 14.9. The molecule has 0 saturated carbocycles. The summed E-state index contributed by atoms with van der Waals surface area (Å²) in [5, 5.41) is 3.70. The number of benzene rings is 1. The standard InChI is InChI=1S/C17H24N2/c18-16-9-5-4-8-15(16)14-10-11-19-17(12-14)13-6-2-1-3-7-13/h4-6,8-9,14,17,19H,1-3,7,10-12,18H2. The summed E-state index contributed by atoms with van der Waals surface area (Å²) in [4.78, 5) is 0. The van der Waals surface area contributed by atoms with Gasteiger partial charge in [-0.3, -0.25) is 0 Å². The Labute approximate surface area is 116 Å². The van der Waals surface area contributed by atoms with Gasteiger partial charge in [0.05, 0.1) is 0 Å². The molecule has 2 atom stereocenters. The van der Waals surface area contributed by atoms with Gasteiger partial charge in [-0.25, -0.2) is 0 Å². The zero-order valence-corrected chi connectivity index (χ0v) is 11.6. The molecule has 2 nitrogen and oxygen atoms in total. The lowest BCUT2D eigenvalue weighted by Crippen LogP contribution is -2.39. The number of piperidine rings is 1. The Hall–Kier alpha value is -1.28. The van der Waals surface area contributed by atoms with Crippen molar-refractivity contribution in [2.45, 2.75) is 50.5 Å². The average Bonchev–Trinajstić information content (AvgIpc) is 2.49. The molecule has 1 saturated heterocycles. The zero-order valence-electron chi connectivity index (χ0n) is 11.6. The van der Waals surface area contributed by atoms with Crippen LogP contribution in [0.2, 0.25) is 0 Å². The second kappa shape index (κ2) is 5.79. The van der Waals surface area contributed by atoms with E-state index < -0.39 is 0 Å². The minimum atomic E-state index is 0.582. The van der Waals surface area contributed by atoms with Crippen molar-refractivity contribution in [3.8, 4) is 0 Å². The first-order chi connectivity index (χ1) is 9.34. The molecule has 2 aliphatic rings. The summed E-state index contributed by atoms with van der Waals surface area (Å²) >= 11 is 0. The Morgan fingerprint density at radius 3 is 2.84 bits per heavy atom. The van der Waals surface area contributed by atoms with Crippen molar-refractivity contribution < 1.29 is 0 Å². The van der Waals surface area contributed by atoms with Crippen LogP contribution in [0.3, 0.4) is 0 Å². The molecule has 1 aromatic carbocycles. The fraction of sp³-hybridized carbons (Fsp3) is 0.529.